The van der Waals surface area contributed by atoms with Crippen LogP contribution in [0.5, 0.6) is 0 Å². The standard InChI is InChI=1S/C50H71N5O7/c1-14-16-17-18-21-60-31(7)44-29(5)37-23-36-28(4)33(19-20-42(57)55(48(59)62-50(11,12)13)26-43(58)61-49(8,9)10)46(53-36)34-22-41(56)45-30(6)38(54-47(34)45)24-39-32(15-2)27(3)35(51-39)25-40(44)52-37/h23-25,27-28,31-33,51-54H,14-22,26H2,1-13H3/t27?,28-,31?,32?,33-/m0/s1. The number of carbonyl (C=O) groups is 4. The van der Waals surface area contributed by atoms with Gasteiger partial charge in [0.1, 0.15) is 17.7 Å². The molecule has 1 aliphatic carbocycles. The SMILES string of the molecule is CCCCCCOC(C)c1c2[nH]c(c1C)C=C1NC(=C3CC(=O)c4c3[nH]c(c4C)C=C3NC(=C2)C(C)C3CC)[C@@H](CCC(=O)N(CC(=O)OC(C)(C)C)C(=O)OC(C)(C)C)[C@@H]1C. The molecule has 12 heteroatoms. The van der Waals surface area contributed by atoms with Crippen LogP contribution in [-0.4, -0.2) is 63.0 Å². The van der Waals surface area contributed by atoms with E-state index >= 15 is 0 Å². The molecule has 3 aliphatic heterocycles. The molecule has 0 saturated carbocycles. The van der Waals surface area contributed by atoms with Crippen LogP contribution in [0.3, 0.4) is 0 Å². The Labute approximate surface area is 368 Å². The van der Waals surface area contributed by atoms with Crippen molar-refractivity contribution in [2.45, 2.75) is 159 Å². The van der Waals surface area contributed by atoms with E-state index < -0.39 is 35.7 Å². The van der Waals surface area contributed by atoms with Crippen LogP contribution < -0.4 is 10.6 Å². The fourth-order valence-electron chi connectivity index (χ4n) is 9.60. The van der Waals surface area contributed by atoms with E-state index in [0.29, 0.717) is 18.6 Å². The summed E-state index contributed by atoms with van der Waals surface area (Å²) in [6, 6.07) is 0. The van der Waals surface area contributed by atoms with Gasteiger partial charge in [-0.1, -0.05) is 47.0 Å². The average Bonchev–Trinajstić information content (AvgIpc) is 3.93. The van der Waals surface area contributed by atoms with Crippen molar-refractivity contribution in [3.63, 3.8) is 0 Å². The molecule has 12 nitrogen and oxygen atoms in total. The highest BCUT2D eigenvalue weighted by molar-refractivity contribution is 6.13. The Balaban J connectivity index is 1.44. The highest BCUT2D eigenvalue weighted by Gasteiger charge is 2.41. The van der Waals surface area contributed by atoms with Crippen molar-refractivity contribution < 1.29 is 33.4 Å². The number of esters is 1. The number of ether oxygens (including phenoxy) is 3. The number of aromatic nitrogens is 2. The molecule has 3 unspecified atom stereocenters. The second-order valence-electron chi connectivity index (χ2n) is 19.8. The number of nitrogens with one attached hydrogen (secondary N) is 4. The maximum Gasteiger partial charge on any atom is 0.417 e. The predicted molar refractivity (Wildman–Crippen MR) is 244 cm³/mol. The van der Waals surface area contributed by atoms with E-state index in [9.17, 15) is 19.2 Å². The van der Waals surface area contributed by atoms with Crippen molar-refractivity contribution in [1.82, 2.24) is 25.5 Å². The maximum atomic E-state index is 14.1. The molecule has 338 valence electrons. The molecule has 0 radical (unpaired) electrons. The van der Waals surface area contributed by atoms with Crippen molar-refractivity contribution in [3.8, 4) is 0 Å². The molecule has 5 heterocycles. The Bertz CT molecular complexity index is 2200. The van der Waals surface area contributed by atoms with Crippen LogP contribution in [0.25, 0.3) is 23.8 Å². The molecule has 4 N–H and O–H groups in total. The topological polar surface area (TPSA) is 155 Å². The van der Waals surface area contributed by atoms with Crippen molar-refractivity contribution >= 4 is 47.6 Å². The van der Waals surface area contributed by atoms with Gasteiger partial charge in [0.05, 0.1) is 11.8 Å². The number of imide groups is 1. The fourth-order valence-corrected chi connectivity index (χ4v) is 9.60. The van der Waals surface area contributed by atoms with Gasteiger partial charge in [0.15, 0.2) is 5.78 Å². The zero-order valence-electron chi connectivity index (χ0n) is 39.5. The lowest BCUT2D eigenvalue weighted by atomic mass is 9.86. The largest absolute Gasteiger partial charge is 0.459 e. The Morgan fingerprint density at radius 2 is 1.44 bits per heavy atom. The average molecular weight is 854 g/mol. The molecular formula is C50H71N5O7. The van der Waals surface area contributed by atoms with E-state index in [1.165, 1.54) is 12.8 Å². The van der Waals surface area contributed by atoms with Crippen molar-refractivity contribution in [1.29, 1.82) is 0 Å². The van der Waals surface area contributed by atoms with Gasteiger partial charge in [0, 0.05) is 99.7 Å². The molecule has 0 spiro atoms. The predicted octanol–water partition coefficient (Wildman–Crippen LogP) is 10.7. The van der Waals surface area contributed by atoms with Crippen LogP contribution in [-0.2, 0) is 23.8 Å². The summed E-state index contributed by atoms with van der Waals surface area (Å²) in [5.74, 6) is -1.04. The van der Waals surface area contributed by atoms with E-state index in [4.69, 9.17) is 14.2 Å². The molecule has 2 fully saturated rings. The summed E-state index contributed by atoms with van der Waals surface area (Å²) in [6.45, 7) is 25.6. The zero-order chi connectivity index (χ0) is 45.4. The summed E-state index contributed by atoms with van der Waals surface area (Å²) in [7, 11) is 0. The van der Waals surface area contributed by atoms with Gasteiger partial charge in [-0.3, -0.25) is 14.4 Å². The summed E-state index contributed by atoms with van der Waals surface area (Å²) in [6.07, 6.45) is 11.5. The van der Waals surface area contributed by atoms with Gasteiger partial charge in [0.25, 0.3) is 0 Å². The highest BCUT2D eigenvalue weighted by Crippen LogP contribution is 2.47. The van der Waals surface area contributed by atoms with E-state index in [1.54, 1.807) is 41.5 Å². The molecule has 4 aliphatic rings. The molecule has 8 bridgehead atoms. The molecule has 6 rings (SSSR count). The van der Waals surface area contributed by atoms with Gasteiger partial charge < -0.3 is 34.8 Å². The normalized spacial score (nSPS) is 21.2. The molecule has 2 amide bonds. The van der Waals surface area contributed by atoms with Crippen molar-refractivity contribution in [2.24, 2.45) is 23.7 Å². The first kappa shape index (κ1) is 46.7. The summed E-state index contributed by atoms with van der Waals surface area (Å²) in [5, 5.41) is 7.58. The Morgan fingerprint density at radius 1 is 0.806 bits per heavy atom. The second kappa shape index (κ2) is 18.5. The number of hydrogen-bond donors (Lipinski definition) is 4. The quantitative estimate of drug-likeness (QED) is 0.114. The number of nitrogens with zero attached hydrogens (tertiary/aromatic N) is 1. The second-order valence-corrected chi connectivity index (χ2v) is 19.8. The molecule has 5 atom stereocenters. The van der Waals surface area contributed by atoms with Gasteiger partial charge in [0.2, 0.25) is 5.91 Å². The number of carbonyl (C=O) groups excluding carboxylic acids is 4. The summed E-state index contributed by atoms with van der Waals surface area (Å²) < 4.78 is 17.6. The number of fused-ring (bicyclic) bond motifs is 7. The number of hydrogen-bond acceptors (Lipinski definition) is 9. The molecule has 0 aromatic carbocycles. The van der Waals surface area contributed by atoms with E-state index in [0.717, 1.165) is 92.0 Å². The number of ketones is 1. The fraction of sp³-hybridized carbons (Fsp3) is 0.600. The number of rotatable bonds is 13. The summed E-state index contributed by atoms with van der Waals surface area (Å²) >= 11 is 0. The molecule has 2 saturated heterocycles. The number of allylic oxidation sites excluding steroid dienone is 5. The van der Waals surface area contributed by atoms with Crippen LogP contribution in [0.1, 0.15) is 183 Å². The van der Waals surface area contributed by atoms with Crippen LogP contribution in [0.2, 0.25) is 0 Å². The van der Waals surface area contributed by atoms with Crippen LogP contribution in [0.4, 0.5) is 4.79 Å². The van der Waals surface area contributed by atoms with Crippen molar-refractivity contribution in [2.75, 3.05) is 13.2 Å². The lowest BCUT2D eigenvalue weighted by molar-refractivity contribution is -0.158. The minimum atomic E-state index is -0.900. The lowest BCUT2D eigenvalue weighted by Crippen LogP contribution is -2.45. The molecule has 62 heavy (non-hydrogen) atoms. The number of amides is 2. The first-order valence-corrected chi connectivity index (χ1v) is 22.9. The smallest absolute Gasteiger partial charge is 0.417 e. The van der Waals surface area contributed by atoms with Gasteiger partial charge in [-0.15, -0.1) is 0 Å². The number of H-pyrrole nitrogens is 2. The number of Topliss-reactive ketones (excluding diaryl/α,β-unsaturated/α-hetero) is 1. The minimum Gasteiger partial charge on any atom is -0.459 e. The van der Waals surface area contributed by atoms with Crippen molar-refractivity contribution in [3.05, 3.63) is 67.8 Å². The monoisotopic (exact) mass is 854 g/mol. The Hall–Kier alpha value is -4.84. The van der Waals surface area contributed by atoms with Gasteiger partial charge in [-0.05, 0) is 111 Å². The van der Waals surface area contributed by atoms with Gasteiger partial charge in [-0.2, -0.15) is 0 Å². The first-order chi connectivity index (χ1) is 29.1. The third-order valence-electron chi connectivity index (χ3n) is 12.8. The van der Waals surface area contributed by atoms with E-state index in [-0.39, 0.29) is 48.4 Å². The Morgan fingerprint density at radius 3 is 2.10 bits per heavy atom. The van der Waals surface area contributed by atoms with E-state index in [1.807, 2.05) is 6.92 Å². The summed E-state index contributed by atoms with van der Waals surface area (Å²) in [4.78, 5) is 62.9. The maximum absolute atomic E-state index is 14.1. The number of unbranched alkanes of at least 4 members (excludes halogenated alkanes) is 3. The Kier molecular flexibility index (Phi) is 13.9. The molecule has 2 aromatic rings. The third-order valence-corrected chi connectivity index (χ3v) is 12.8. The highest BCUT2D eigenvalue weighted by atomic mass is 16.6. The van der Waals surface area contributed by atoms with Crippen LogP contribution in [0, 0.1) is 37.5 Å². The zero-order valence-corrected chi connectivity index (χ0v) is 39.5. The summed E-state index contributed by atoms with van der Waals surface area (Å²) in [5.41, 5.74) is 10.8. The van der Waals surface area contributed by atoms with Crippen LogP contribution >= 0.6 is 0 Å². The third kappa shape index (κ3) is 10.0. The minimum absolute atomic E-state index is 0.0516. The molecular weight excluding hydrogens is 783 g/mol. The first-order valence-electron chi connectivity index (χ1n) is 22.9. The molecule has 2 aromatic heterocycles. The van der Waals surface area contributed by atoms with Gasteiger partial charge >= 0.3 is 12.1 Å². The van der Waals surface area contributed by atoms with Crippen LogP contribution in [0.15, 0.2) is 22.8 Å². The lowest BCUT2D eigenvalue weighted by Gasteiger charge is -2.27. The van der Waals surface area contributed by atoms with Gasteiger partial charge in [-0.25, -0.2) is 9.69 Å². The van der Waals surface area contributed by atoms with E-state index in [2.05, 4.69) is 80.4 Å². The number of aromatic amines is 2.